The fraction of sp³-hybridized carbons (Fsp3) is 0.632. The van der Waals surface area contributed by atoms with Gasteiger partial charge >= 0.3 is 0 Å². The number of carbonyl (C=O) groups excluding carboxylic acids is 1. The van der Waals surface area contributed by atoms with E-state index in [1.54, 1.807) is 0 Å². The summed E-state index contributed by atoms with van der Waals surface area (Å²) in [5.74, 6) is 0.149. The van der Waals surface area contributed by atoms with Gasteiger partial charge in [-0.25, -0.2) is 0 Å². The van der Waals surface area contributed by atoms with Gasteiger partial charge in [0.2, 0.25) is 5.91 Å². The molecule has 0 radical (unpaired) electrons. The van der Waals surface area contributed by atoms with Crippen LogP contribution in [0.5, 0.6) is 0 Å². The molecule has 1 aromatic rings. The first-order chi connectivity index (χ1) is 10.9. The van der Waals surface area contributed by atoms with Gasteiger partial charge in [0.05, 0.1) is 5.60 Å². The smallest absolute Gasteiger partial charge is 0.220 e. The zero-order chi connectivity index (χ0) is 16.9. The third-order valence-corrected chi connectivity index (χ3v) is 4.51. The molecule has 0 aliphatic carbocycles. The van der Waals surface area contributed by atoms with Crippen molar-refractivity contribution in [3.8, 4) is 0 Å². The van der Waals surface area contributed by atoms with Gasteiger partial charge in [0.15, 0.2) is 0 Å². The monoisotopic (exact) mass is 318 g/mol. The Balaban J connectivity index is 1.85. The Morgan fingerprint density at radius 2 is 2.04 bits per heavy atom. The molecule has 1 N–H and O–H groups in total. The summed E-state index contributed by atoms with van der Waals surface area (Å²) in [6, 6.07) is 10.9. The lowest BCUT2D eigenvalue weighted by Gasteiger charge is -2.36. The van der Waals surface area contributed by atoms with Crippen LogP contribution < -0.4 is 5.32 Å². The molecule has 0 spiro atoms. The predicted molar refractivity (Wildman–Crippen MR) is 93.3 cm³/mol. The van der Waals surface area contributed by atoms with E-state index in [2.05, 4.69) is 62.4 Å². The standard InChI is InChI=1S/C19H30N2O2/c1-19(2)14-16(12-13-23-19)20-18(22)11-10-17(21(3)4)15-8-6-5-7-9-15/h5-9,16-17H,10-14H2,1-4H3,(H,20,22). The summed E-state index contributed by atoms with van der Waals surface area (Å²) in [6.07, 6.45) is 3.17. The van der Waals surface area contributed by atoms with Crippen molar-refractivity contribution in [2.24, 2.45) is 0 Å². The second-order valence-corrected chi connectivity index (χ2v) is 7.29. The van der Waals surface area contributed by atoms with Gasteiger partial charge < -0.3 is 15.0 Å². The van der Waals surface area contributed by atoms with Gasteiger partial charge in [-0.2, -0.15) is 0 Å². The summed E-state index contributed by atoms with van der Waals surface area (Å²) >= 11 is 0. The summed E-state index contributed by atoms with van der Waals surface area (Å²) in [4.78, 5) is 14.5. The molecular weight excluding hydrogens is 288 g/mol. The summed E-state index contributed by atoms with van der Waals surface area (Å²) in [6.45, 7) is 4.90. The topological polar surface area (TPSA) is 41.6 Å². The maximum Gasteiger partial charge on any atom is 0.220 e. The van der Waals surface area contributed by atoms with Crippen LogP contribution in [0.25, 0.3) is 0 Å². The highest BCUT2D eigenvalue weighted by Gasteiger charge is 2.29. The van der Waals surface area contributed by atoms with Gasteiger partial charge in [-0.05, 0) is 52.8 Å². The van der Waals surface area contributed by atoms with Crippen molar-refractivity contribution in [1.82, 2.24) is 10.2 Å². The van der Waals surface area contributed by atoms with Crippen molar-refractivity contribution < 1.29 is 9.53 Å². The molecule has 2 rings (SSSR count). The third-order valence-electron chi connectivity index (χ3n) is 4.51. The second-order valence-electron chi connectivity index (χ2n) is 7.29. The molecule has 0 aromatic heterocycles. The first-order valence-electron chi connectivity index (χ1n) is 8.52. The molecule has 2 atom stereocenters. The normalized spacial score (nSPS) is 21.9. The van der Waals surface area contributed by atoms with Crippen LogP contribution in [0.1, 0.15) is 51.1 Å². The quantitative estimate of drug-likeness (QED) is 0.876. The van der Waals surface area contributed by atoms with E-state index in [1.807, 2.05) is 6.07 Å². The first kappa shape index (κ1) is 18.0. The molecule has 1 aromatic carbocycles. The minimum Gasteiger partial charge on any atom is -0.375 e. The van der Waals surface area contributed by atoms with Crippen LogP contribution in [-0.4, -0.2) is 43.2 Å². The van der Waals surface area contributed by atoms with Gasteiger partial charge in [-0.3, -0.25) is 4.79 Å². The van der Waals surface area contributed by atoms with Gasteiger partial charge in [0.1, 0.15) is 0 Å². The van der Waals surface area contributed by atoms with Gasteiger partial charge in [-0.1, -0.05) is 30.3 Å². The summed E-state index contributed by atoms with van der Waals surface area (Å²) in [5.41, 5.74) is 1.13. The number of hydrogen-bond donors (Lipinski definition) is 1. The molecular formula is C19H30N2O2. The summed E-state index contributed by atoms with van der Waals surface area (Å²) in [5, 5.41) is 3.18. The molecule has 1 heterocycles. The minimum absolute atomic E-state index is 0.133. The van der Waals surface area contributed by atoms with Crippen molar-refractivity contribution in [3.63, 3.8) is 0 Å². The fourth-order valence-electron chi connectivity index (χ4n) is 3.32. The lowest BCUT2D eigenvalue weighted by atomic mass is 9.93. The maximum atomic E-state index is 12.3. The van der Waals surface area contributed by atoms with Crippen LogP contribution in [-0.2, 0) is 9.53 Å². The Morgan fingerprint density at radius 3 is 2.65 bits per heavy atom. The van der Waals surface area contributed by atoms with Crippen LogP contribution in [0, 0.1) is 0 Å². The van der Waals surface area contributed by atoms with Gasteiger partial charge in [0.25, 0.3) is 0 Å². The first-order valence-corrected chi connectivity index (χ1v) is 8.52. The van der Waals surface area contributed by atoms with Crippen LogP contribution in [0.2, 0.25) is 0 Å². The molecule has 1 saturated heterocycles. The number of carbonyl (C=O) groups is 1. The van der Waals surface area contributed by atoms with Crippen molar-refractivity contribution in [3.05, 3.63) is 35.9 Å². The highest BCUT2D eigenvalue weighted by Crippen LogP contribution is 2.25. The fourth-order valence-corrected chi connectivity index (χ4v) is 3.32. The minimum atomic E-state index is -0.133. The molecule has 4 heteroatoms. The average Bonchev–Trinajstić information content (AvgIpc) is 2.47. The molecule has 0 saturated carbocycles. The Kier molecular flexibility index (Phi) is 6.19. The number of ether oxygens (including phenoxy) is 1. The molecule has 23 heavy (non-hydrogen) atoms. The van der Waals surface area contributed by atoms with Crippen molar-refractivity contribution in [1.29, 1.82) is 0 Å². The van der Waals surface area contributed by atoms with E-state index in [-0.39, 0.29) is 23.6 Å². The van der Waals surface area contributed by atoms with E-state index in [0.29, 0.717) is 6.42 Å². The molecule has 0 bridgehead atoms. The second kappa shape index (κ2) is 7.93. The Morgan fingerprint density at radius 1 is 1.35 bits per heavy atom. The highest BCUT2D eigenvalue weighted by atomic mass is 16.5. The Labute approximate surface area is 140 Å². The van der Waals surface area contributed by atoms with E-state index < -0.39 is 0 Å². The summed E-state index contributed by atoms with van der Waals surface area (Å²) in [7, 11) is 4.13. The van der Waals surface area contributed by atoms with Crippen LogP contribution in [0.4, 0.5) is 0 Å². The van der Waals surface area contributed by atoms with E-state index in [9.17, 15) is 4.79 Å². The summed E-state index contributed by atoms with van der Waals surface area (Å²) < 4.78 is 5.71. The predicted octanol–water partition coefficient (Wildman–Crippen LogP) is 3.14. The molecule has 1 amide bonds. The molecule has 4 nitrogen and oxygen atoms in total. The van der Waals surface area contributed by atoms with Gasteiger partial charge in [0, 0.05) is 25.1 Å². The maximum absolute atomic E-state index is 12.3. The van der Waals surface area contributed by atoms with Crippen molar-refractivity contribution in [2.75, 3.05) is 20.7 Å². The van der Waals surface area contributed by atoms with Crippen molar-refractivity contribution >= 4 is 5.91 Å². The lowest BCUT2D eigenvalue weighted by molar-refractivity contribution is -0.124. The number of nitrogens with zero attached hydrogens (tertiary/aromatic N) is 1. The lowest BCUT2D eigenvalue weighted by Crippen LogP contribution is -2.45. The molecule has 1 aliphatic heterocycles. The third kappa shape index (κ3) is 5.63. The average molecular weight is 318 g/mol. The van der Waals surface area contributed by atoms with E-state index in [1.165, 1.54) is 5.56 Å². The highest BCUT2D eigenvalue weighted by molar-refractivity contribution is 5.76. The Bertz CT molecular complexity index is 499. The number of rotatable bonds is 6. The molecule has 128 valence electrons. The van der Waals surface area contributed by atoms with Crippen LogP contribution >= 0.6 is 0 Å². The molecule has 1 fully saturated rings. The van der Waals surface area contributed by atoms with Crippen LogP contribution in [0.3, 0.4) is 0 Å². The zero-order valence-corrected chi connectivity index (χ0v) is 14.8. The Hall–Kier alpha value is -1.39. The SMILES string of the molecule is CN(C)C(CCC(=O)NC1CCOC(C)(C)C1)c1ccccc1. The molecule has 2 unspecified atom stereocenters. The van der Waals surface area contributed by atoms with E-state index in [4.69, 9.17) is 4.74 Å². The largest absolute Gasteiger partial charge is 0.375 e. The van der Waals surface area contributed by atoms with E-state index in [0.717, 1.165) is 25.9 Å². The molecule has 1 aliphatic rings. The number of benzene rings is 1. The van der Waals surface area contributed by atoms with Crippen LogP contribution in [0.15, 0.2) is 30.3 Å². The number of nitrogens with one attached hydrogen (secondary N) is 1. The zero-order valence-electron chi connectivity index (χ0n) is 14.8. The van der Waals surface area contributed by atoms with Gasteiger partial charge in [-0.15, -0.1) is 0 Å². The number of amides is 1. The number of hydrogen-bond acceptors (Lipinski definition) is 3. The van der Waals surface area contributed by atoms with E-state index >= 15 is 0 Å². The van der Waals surface area contributed by atoms with Crippen molar-refractivity contribution in [2.45, 2.75) is 57.2 Å².